The van der Waals surface area contributed by atoms with E-state index in [-0.39, 0.29) is 12.0 Å². The molecule has 2 aromatic rings. The van der Waals surface area contributed by atoms with Crippen LogP contribution in [0.1, 0.15) is 61.0 Å². The maximum Gasteiger partial charge on any atom is 0.306 e. The van der Waals surface area contributed by atoms with Crippen molar-refractivity contribution in [1.29, 1.82) is 0 Å². The molecule has 1 aromatic carbocycles. The number of carboxylic acids is 1. The van der Waals surface area contributed by atoms with Crippen LogP contribution in [-0.4, -0.2) is 58.2 Å². The number of hydrogen-bond acceptors (Lipinski definition) is 6. The highest BCUT2D eigenvalue weighted by Crippen LogP contribution is 2.38. The SMILES string of the molecule is Cc1ccc([C@@H](C)Nc2nc(N3CC([C@H]4CCCN(C5CC(C(=O)O)C5)C4)C3)nc(C)c2C)c(Cl)c1. The van der Waals surface area contributed by atoms with E-state index in [9.17, 15) is 9.90 Å². The van der Waals surface area contributed by atoms with Crippen molar-refractivity contribution in [3.63, 3.8) is 0 Å². The number of aromatic nitrogens is 2. The molecule has 0 unspecified atom stereocenters. The first-order valence-corrected chi connectivity index (χ1v) is 13.7. The largest absolute Gasteiger partial charge is 0.481 e. The Hall–Kier alpha value is -2.38. The summed E-state index contributed by atoms with van der Waals surface area (Å²) < 4.78 is 0. The fourth-order valence-electron chi connectivity index (χ4n) is 5.98. The van der Waals surface area contributed by atoms with Gasteiger partial charge in [0.05, 0.1) is 12.0 Å². The molecular weight excluding hydrogens is 474 g/mol. The summed E-state index contributed by atoms with van der Waals surface area (Å²) in [6, 6.07) is 6.67. The fourth-order valence-corrected chi connectivity index (χ4v) is 6.38. The van der Waals surface area contributed by atoms with Crippen LogP contribution in [0.2, 0.25) is 5.02 Å². The van der Waals surface area contributed by atoms with Crippen LogP contribution in [0.5, 0.6) is 0 Å². The van der Waals surface area contributed by atoms with Crippen LogP contribution in [0.3, 0.4) is 0 Å². The maximum absolute atomic E-state index is 11.2. The summed E-state index contributed by atoms with van der Waals surface area (Å²) in [5.74, 6) is 2.22. The molecule has 1 aliphatic carbocycles. The predicted octanol–water partition coefficient (Wildman–Crippen LogP) is 5.24. The first kappa shape index (κ1) is 25.3. The van der Waals surface area contributed by atoms with E-state index in [1.807, 2.05) is 13.0 Å². The number of halogens is 1. The monoisotopic (exact) mass is 511 g/mol. The number of rotatable bonds is 7. The van der Waals surface area contributed by atoms with Gasteiger partial charge in [-0.2, -0.15) is 4.98 Å². The van der Waals surface area contributed by atoms with Crippen LogP contribution in [0.25, 0.3) is 0 Å². The predicted molar refractivity (Wildman–Crippen MR) is 144 cm³/mol. The number of piperidine rings is 1. The summed E-state index contributed by atoms with van der Waals surface area (Å²) >= 11 is 6.52. The molecule has 1 saturated carbocycles. The minimum Gasteiger partial charge on any atom is -0.481 e. The lowest BCUT2D eigenvalue weighted by Crippen LogP contribution is -2.57. The Bertz CT molecular complexity index is 1130. The second kappa shape index (κ2) is 10.2. The number of carboxylic acid groups (broad SMARTS) is 1. The van der Waals surface area contributed by atoms with Gasteiger partial charge < -0.3 is 20.2 Å². The number of hydrogen-bond donors (Lipinski definition) is 2. The molecule has 0 bridgehead atoms. The number of anilines is 2. The molecule has 0 spiro atoms. The van der Waals surface area contributed by atoms with Crippen molar-refractivity contribution in [2.75, 3.05) is 36.4 Å². The van der Waals surface area contributed by atoms with E-state index in [1.54, 1.807) is 0 Å². The van der Waals surface area contributed by atoms with Gasteiger partial charge in [-0.15, -0.1) is 0 Å². The lowest BCUT2D eigenvalue weighted by molar-refractivity contribution is -0.147. The summed E-state index contributed by atoms with van der Waals surface area (Å²) in [4.78, 5) is 25.8. The Morgan fingerprint density at radius 1 is 1.14 bits per heavy atom. The number of aliphatic carboxylic acids is 1. The molecule has 2 N–H and O–H groups in total. The molecule has 3 aliphatic rings. The molecule has 2 saturated heterocycles. The van der Waals surface area contributed by atoms with Crippen molar-refractivity contribution in [3.05, 3.63) is 45.6 Å². The number of likely N-dealkylation sites (tertiary alicyclic amines) is 1. The van der Waals surface area contributed by atoms with E-state index >= 15 is 0 Å². The summed E-state index contributed by atoms with van der Waals surface area (Å²) in [6.07, 6.45) is 4.11. The Morgan fingerprint density at radius 3 is 2.58 bits per heavy atom. The highest BCUT2D eigenvalue weighted by Gasteiger charge is 2.42. The normalized spacial score (nSPS) is 25.7. The Labute approximate surface area is 219 Å². The zero-order valence-electron chi connectivity index (χ0n) is 21.8. The molecule has 7 nitrogen and oxygen atoms in total. The lowest BCUT2D eigenvalue weighted by Gasteiger charge is -2.50. The van der Waals surface area contributed by atoms with Crippen molar-refractivity contribution in [2.45, 2.75) is 65.5 Å². The van der Waals surface area contributed by atoms with E-state index in [1.165, 1.54) is 12.8 Å². The number of aryl methyl sites for hydroxylation is 2. The van der Waals surface area contributed by atoms with Gasteiger partial charge in [-0.3, -0.25) is 4.79 Å². The molecule has 8 heteroatoms. The van der Waals surface area contributed by atoms with Gasteiger partial charge in [0, 0.05) is 42.0 Å². The Kier molecular flexibility index (Phi) is 7.14. The fraction of sp³-hybridized carbons (Fsp3) is 0.607. The first-order chi connectivity index (χ1) is 17.2. The highest BCUT2D eigenvalue weighted by molar-refractivity contribution is 6.31. The molecular formula is C28H38ClN5O2. The second-order valence-electron chi connectivity index (χ2n) is 11.2. The van der Waals surface area contributed by atoms with Crippen LogP contribution in [0, 0.1) is 38.5 Å². The average Bonchev–Trinajstić information content (AvgIpc) is 2.75. The minimum absolute atomic E-state index is 0.0311. The Balaban J connectivity index is 1.20. The quantitative estimate of drug-likeness (QED) is 0.526. The zero-order chi connectivity index (χ0) is 25.6. The van der Waals surface area contributed by atoms with Gasteiger partial charge in [-0.05, 0) is 89.0 Å². The molecule has 0 amide bonds. The maximum atomic E-state index is 11.2. The molecule has 2 aliphatic heterocycles. The molecule has 3 fully saturated rings. The summed E-state index contributed by atoms with van der Waals surface area (Å²) in [6.45, 7) is 12.5. The summed E-state index contributed by atoms with van der Waals surface area (Å²) in [5.41, 5.74) is 4.27. The van der Waals surface area contributed by atoms with Gasteiger partial charge in [-0.25, -0.2) is 4.98 Å². The molecule has 5 rings (SSSR count). The van der Waals surface area contributed by atoms with Gasteiger partial charge in [0.2, 0.25) is 5.95 Å². The van der Waals surface area contributed by atoms with E-state index in [2.05, 4.69) is 48.0 Å². The number of nitrogens with one attached hydrogen (secondary N) is 1. The topological polar surface area (TPSA) is 81.6 Å². The lowest BCUT2D eigenvalue weighted by atomic mass is 9.76. The number of nitrogens with zero attached hydrogens (tertiary/aromatic N) is 4. The van der Waals surface area contributed by atoms with E-state index < -0.39 is 5.97 Å². The summed E-state index contributed by atoms with van der Waals surface area (Å²) in [7, 11) is 0. The Morgan fingerprint density at radius 2 is 1.89 bits per heavy atom. The van der Waals surface area contributed by atoms with Crippen molar-refractivity contribution in [3.8, 4) is 0 Å². The molecule has 194 valence electrons. The molecule has 0 radical (unpaired) electrons. The van der Waals surface area contributed by atoms with Gasteiger partial charge in [-0.1, -0.05) is 23.7 Å². The van der Waals surface area contributed by atoms with Crippen LogP contribution in [-0.2, 0) is 4.79 Å². The second-order valence-corrected chi connectivity index (χ2v) is 11.6. The smallest absolute Gasteiger partial charge is 0.306 e. The van der Waals surface area contributed by atoms with Crippen molar-refractivity contribution < 1.29 is 9.90 Å². The highest BCUT2D eigenvalue weighted by atomic mass is 35.5. The first-order valence-electron chi connectivity index (χ1n) is 13.3. The van der Waals surface area contributed by atoms with Crippen molar-refractivity contribution >= 4 is 29.3 Å². The van der Waals surface area contributed by atoms with E-state index in [0.29, 0.717) is 17.9 Å². The molecule has 3 heterocycles. The van der Waals surface area contributed by atoms with Gasteiger partial charge in [0.25, 0.3) is 0 Å². The standard InChI is InChI=1S/C28H38ClN5O2/c1-16-7-8-24(25(29)10-16)19(4)30-26-17(2)18(3)31-28(32-26)34-14-22(15-34)20-6-5-9-33(13-20)23-11-21(12-23)27(35)36/h7-8,10,19-23H,5-6,9,11-15H2,1-4H3,(H,35,36)(H,30,31,32)/t19-,20+,21?,23?/m1/s1. The molecule has 36 heavy (non-hydrogen) atoms. The van der Waals surface area contributed by atoms with Gasteiger partial charge in [0.1, 0.15) is 5.82 Å². The summed E-state index contributed by atoms with van der Waals surface area (Å²) in [5, 5.41) is 13.6. The van der Waals surface area contributed by atoms with Crippen molar-refractivity contribution in [1.82, 2.24) is 14.9 Å². The number of benzene rings is 1. The average molecular weight is 512 g/mol. The third kappa shape index (κ3) is 5.05. The van der Waals surface area contributed by atoms with Crippen LogP contribution in [0.15, 0.2) is 18.2 Å². The molecule has 1 aromatic heterocycles. The third-order valence-corrected chi connectivity index (χ3v) is 9.01. The van der Waals surface area contributed by atoms with Crippen LogP contribution in [0.4, 0.5) is 11.8 Å². The minimum atomic E-state index is -0.631. The van der Waals surface area contributed by atoms with Gasteiger partial charge in [0.15, 0.2) is 0 Å². The molecule has 2 atom stereocenters. The van der Waals surface area contributed by atoms with E-state index in [0.717, 1.165) is 78.2 Å². The van der Waals surface area contributed by atoms with E-state index in [4.69, 9.17) is 21.6 Å². The van der Waals surface area contributed by atoms with Crippen LogP contribution >= 0.6 is 11.6 Å². The van der Waals surface area contributed by atoms with Gasteiger partial charge >= 0.3 is 5.97 Å². The zero-order valence-corrected chi connectivity index (χ0v) is 22.6. The third-order valence-electron chi connectivity index (χ3n) is 8.68. The van der Waals surface area contributed by atoms with Crippen molar-refractivity contribution in [2.24, 2.45) is 17.8 Å². The van der Waals surface area contributed by atoms with Crippen LogP contribution < -0.4 is 10.2 Å². The number of carbonyl (C=O) groups is 1.